The molecule has 0 amide bonds. The molecule has 22 heavy (non-hydrogen) atoms. The third-order valence-electron chi connectivity index (χ3n) is 2.46. The first-order valence-electron chi connectivity index (χ1n) is 6.77. The van der Waals surface area contributed by atoms with Crippen LogP contribution in [0.25, 0.3) is 0 Å². The Kier molecular flexibility index (Phi) is 8.14. The van der Waals surface area contributed by atoms with Gasteiger partial charge >= 0.3 is 5.97 Å². The first-order chi connectivity index (χ1) is 10.3. The highest BCUT2D eigenvalue weighted by molar-refractivity contribution is 9.10. The Hall–Kier alpha value is -0.330. The van der Waals surface area contributed by atoms with Crippen molar-refractivity contribution >= 4 is 39.8 Å². The molecule has 0 heterocycles. The van der Waals surface area contributed by atoms with Crippen molar-refractivity contribution in [3.05, 3.63) is 28.7 Å². The second kappa shape index (κ2) is 9.08. The summed E-state index contributed by atoms with van der Waals surface area (Å²) >= 11 is 4.54. The summed E-state index contributed by atoms with van der Waals surface area (Å²) in [5, 5.41) is 2.87. The van der Waals surface area contributed by atoms with Gasteiger partial charge in [-0.15, -0.1) is 0 Å². The van der Waals surface area contributed by atoms with Gasteiger partial charge in [0.15, 0.2) is 0 Å². The van der Waals surface area contributed by atoms with Crippen LogP contribution in [0, 0.1) is 0 Å². The van der Waals surface area contributed by atoms with Gasteiger partial charge in [0.1, 0.15) is 12.4 Å². The zero-order chi connectivity index (χ0) is 16.8. The van der Waals surface area contributed by atoms with Crippen LogP contribution in [-0.4, -0.2) is 31.6 Å². The third kappa shape index (κ3) is 6.84. The summed E-state index contributed by atoms with van der Waals surface area (Å²) < 4.78 is 24.1. The molecular weight excluding hydrogens is 389 g/mol. The van der Waals surface area contributed by atoms with Gasteiger partial charge in [-0.1, -0.05) is 15.9 Å². The lowest BCUT2D eigenvalue weighted by molar-refractivity contribution is -0.148. The van der Waals surface area contributed by atoms with Crippen LogP contribution in [-0.2, 0) is 18.8 Å². The SMILES string of the molecule is COCP(=O)(N[C@@H](C)C(=O)OC(C)C)Sc1ccc(Br)cc1. The summed E-state index contributed by atoms with van der Waals surface area (Å²) in [5.74, 6) is -0.428. The van der Waals surface area contributed by atoms with Crippen molar-refractivity contribution in [2.45, 2.75) is 37.8 Å². The molecule has 1 N–H and O–H groups in total. The number of ether oxygens (including phenoxy) is 2. The molecule has 0 aliphatic rings. The van der Waals surface area contributed by atoms with Crippen LogP contribution >= 0.6 is 33.8 Å². The van der Waals surface area contributed by atoms with Gasteiger partial charge < -0.3 is 9.47 Å². The Morgan fingerprint density at radius 1 is 1.32 bits per heavy atom. The van der Waals surface area contributed by atoms with E-state index in [9.17, 15) is 9.36 Å². The van der Waals surface area contributed by atoms with Gasteiger partial charge in [-0.25, -0.2) is 5.09 Å². The molecule has 1 unspecified atom stereocenters. The Morgan fingerprint density at radius 3 is 2.41 bits per heavy atom. The van der Waals surface area contributed by atoms with Gasteiger partial charge in [-0.3, -0.25) is 9.36 Å². The number of carbonyl (C=O) groups is 1. The van der Waals surface area contributed by atoms with Gasteiger partial charge in [-0.2, -0.15) is 0 Å². The van der Waals surface area contributed by atoms with Crippen molar-refractivity contribution in [3.8, 4) is 0 Å². The number of halogens is 1. The Morgan fingerprint density at radius 2 is 1.91 bits per heavy atom. The third-order valence-corrected chi connectivity index (χ3v) is 7.30. The maximum atomic E-state index is 13.0. The molecule has 5 nitrogen and oxygen atoms in total. The molecule has 0 spiro atoms. The number of rotatable bonds is 8. The highest BCUT2D eigenvalue weighted by Gasteiger charge is 2.29. The summed E-state index contributed by atoms with van der Waals surface area (Å²) in [7, 11) is 1.48. The highest BCUT2D eigenvalue weighted by Crippen LogP contribution is 2.58. The average molecular weight is 410 g/mol. The monoisotopic (exact) mass is 409 g/mol. The maximum Gasteiger partial charge on any atom is 0.323 e. The van der Waals surface area contributed by atoms with E-state index in [4.69, 9.17) is 9.47 Å². The number of hydrogen-bond donors (Lipinski definition) is 1. The lowest BCUT2D eigenvalue weighted by Gasteiger charge is -2.22. The molecule has 1 aromatic rings. The number of benzene rings is 1. The van der Waals surface area contributed by atoms with Crippen LogP contribution in [0.2, 0.25) is 0 Å². The Bertz CT molecular complexity index is 538. The fraction of sp³-hybridized carbons (Fsp3) is 0.500. The van der Waals surface area contributed by atoms with Gasteiger partial charge in [0.05, 0.1) is 6.10 Å². The molecule has 0 fully saturated rings. The van der Waals surface area contributed by atoms with Crippen molar-refractivity contribution in [2.75, 3.05) is 13.5 Å². The first kappa shape index (κ1) is 19.7. The smallest absolute Gasteiger partial charge is 0.323 e. The van der Waals surface area contributed by atoms with Crippen LogP contribution in [0.15, 0.2) is 33.6 Å². The van der Waals surface area contributed by atoms with E-state index in [0.29, 0.717) is 0 Å². The standard InChI is InChI=1S/C14H21BrNO4PS/c1-10(2)20-14(17)11(3)16-21(18,9-19-4)22-13-7-5-12(15)6-8-13/h5-8,10-11H,9H2,1-4H3,(H,16,18)/t11-,21?/m0/s1. The van der Waals surface area contributed by atoms with E-state index in [0.717, 1.165) is 9.37 Å². The quantitative estimate of drug-likeness (QED) is 0.510. The number of methoxy groups -OCH3 is 1. The average Bonchev–Trinajstić information content (AvgIpc) is 2.40. The number of esters is 1. The minimum Gasteiger partial charge on any atom is -0.462 e. The minimum absolute atomic E-state index is 0.0209. The molecule has 0 saturated heterocycles. The van der Waals surface area contributed by atoms with Crippen LogP contribution in [0.5, 0.6) is 0 Å². The van der Waals surface area contributed by atoms with Crippen LogP contribution in [0.4, 0.5) is 0 Å². The van der Waals surface area contributed by atoms with E-state index in [1.54, 1.807) is 20.8 Å². The first-order valence-corrected chi connectivity index (χ1v) is 10.9. The minimum atomic E-state index is -2.98. The van der Waals surface area contributed by atoms with Crippen molar-refractivity contribution in [1.29, 1.82) is 0 Å². The molecule has 8 heteroatoms. The summed E-state index contributed by atoms with van der Waals surface area (Å²) in [5.41, 5.74) is 0. The normalized spacial score (nSPS) is 15.4. The van der Waals surface area contributed by atoms with E-state index in [1.807, 2.05) is 24.3 Å². The van der Waals surface area contributed by atoms with Crippen LogP contribution in [0.1, 0.15) is 20.8 Å². The van der Waals surface area contributed by atoms with Gasteiger partial charge in [-0.05, 0) is 56.4 Å². The van der Waals surface area contributed by atoms with Crippen molar-refractivity contribution in [1.82, 2.24) is 5.09 Å². The predicted octanol–water partition coefficient (Wildman–Crippen LogP) is 4.27. The molecular formula is C14H21BrNO4PS. The summed E-state index contributed by atoms with van der Waals surface area (Å²) in [6.07, 6.45) is -0.190. The van der Waals surface area contributed by atoms with E-state index < -0.39 is 18.5 Å². The molecule has 2 atom stereocenters. The van der Waals surface area contributed by atoms with Gasteiger partial charge in [0.25, 0.3) is 0 Å². The molecule has 0 radical (unpaired) electrons. The van der Waals surface area contributed by atoms with E-state index in [-0.39, 0.29) is 12.5 Å². The largest absolute Gasteiger partial charge is 0.462 e. The molecule has 0 aromatic heterocycles. The fourth-order valence-electron chi connectivity index (χ4n) is 1.61. The van der Waals surface area contributed by atoms with Crippen molar-refractivity contribution in [3.63, 3.8) is 0 Å². The zero-order valence-electron chi connectivity index (χ0n) is 13.0. The summed E-state index contributed by atoms with van der Waals surface area (Å²) in [6, 6.07) is 6.78. The summed E-state index contributed by atoms with van der Waals surface area (Å²) in [4.78, 5) is 12.7. The number of hydrogen-bond acceptors (Lipinski definition) is 5. The fourth-order valence-corrected chi connectivity index (χ4v) is 6.18. The lowest BCUT2D eigenvalue weighted by Crippen LogP contribution is -2.34. The van der Waals surface area contributed by atoms with Gasteiger partial charge in [0, 0.05) is 16.5 Å². The number of nitrogens with one attached hydrogen (secondary N) is 1. The van der Waals surface area contributed by atoms with Crippen molar-refractivity contribution < 1.29 is 18.8 Å². The summed E-state index contributed by atoms with van der Waals surface area (Å²) in [6.45, 7) is 2.20. The molecule has 1 rings (SSSR count). The van der Waals surface area contributed by atoms with E-state index >= 15 is 0 Å². The molecule has 0 bridgehead atoms. The second-order valence-corrected chi connectivity index (χ2v) is 10.7. The predicted molar refractivity (Wildman–Crippen MR) is 93.3 cm³/mol. The molecule has 0 saturated carbocycles. The maximum absolute atomic E-state index is 13.0. The van der Waals surface area contributed by atoms with Gasteiger partial charge in [0.2, 0.25) is 6.49 Å². The Labute approximate surface area is 143 Å². The van der Waals surface area contributed by atoms with E-state index in [2.05, 4.69) is 21.0 Å². The molecule has 1 aromatic carbocycles. The topological polar surface area (TPSA) is 64.6 Å². The molecule has 0 aliphatic heterocycles. The van der Waals surface area contributed by atoms with Crippen LogP contribution in [0.3, 0.4) is 0 Å². The molecule has 0 aliphatic carbocycles. The zero-order valence-corrected chi connectivity index (χ0v) is 16.3. The second-order valence-electron chi connectivity index (χ2n) is 4.97. The number of carbonyl (C=O) groups excluding carboxylic acids is 1. The lowest BCUT2D eigenvalue weighted by atomic mass is 10.4. The highest BCUT2D eigenvalue weighted by atomic mass is 79.9. The molecule has 124 valence electrons. The van der Waals surface area contributed by atoms with Crippen molar-refractivity contribution in [2.24, 2.45) is 0 Å². The van der Waals surface area contributed by atoms with Crippen LogP contribution < -0.4 is 5.09 Å². The Balaban J connectivity index is 2.79. The van der Waals surface area contributed by atoms with E-state index in [1.165, 1.54) is 18.5 Å².